The third kappa shape index (κ3) is 4.57. The molecule has 0 saturated heterocycles. The van der Waals surface area contributed by atoms with Crippen LogP contribution in [0.4, 0.5) is 22.7 Å². The Hall–Kier alpha value is -5.77. The lowest BCUT2D eigenvalue weighted by molar-refractivity contribution is 1.24. The molecule has 1 aliphatic rings. The lowest BCUT2D eigenvalue weighted by atomic mass is 9.90. The molecule has 0 atom stereocenters. The number of nitrogens with zero attached hydrogens (tertiary/aromatic N) is 2. The SMILES string of the molecule is Cc1cccc(N2c3ccc4ccccc4c3-c3c(ccc4ccccc34)N(c3cccc(C)c3)S2(c2ccccc2)c2ccccc2)c1. The Labute approximate surface area is 290 Å². The van der Waals surface area contributed by atoms with Crippen LogP contribution in [0.3, 0.4) is 0 Å². The smallest absolute Gasteiger partial charge is 0.0617 e. The molecule has 0 saturated carbocycles. The Morgan fingerprint density at radius 1 is 0.367 bits per heavy atom. The van der Waals surface area contributed by atoms with Crippen LogP contribution in [0.2, 0.25) is 0 Å². The third-order valence-corrected chi connectivity index (χ3v) is 13.4. The highest BCUT2D eigenvalue weighted by molar-refractivity contribution is 8.36. The van der Waals surface area contributed by atoms with Crippen LogP contribution in [0.25, 0.3) is 32.7 Å². The Balaban J connectivity index is 1.60. The summed E-state index contributed by atoms with van der Waals surface area (Å²) in [6.07, 6.45) is 0. The molecule has 0 bridgehead atoms. The molecule has 0 spiro atoms. The third-order valence-electron chi connectivity index (χ3n) is 9.65. The van der Waals surface area contributed by atoms with Crippen LogP contribution < -0.4 is 8.61 Å². The second-order valence-electron chi connectivity index (χ2n) is 12.8. The average Bonchev–Trinajstić information content (AvgIpc) is 3.27. The van der Waals surface area contributed by atoms with Crippen LogP contribution >= 0.6 is 10.4 Å². The number of fused-ring (bicyclic) bond motifs is 7. The van der Waals surface area contributed by atoms with E-state index in [0.29, 0.717) is 0 Å². The van der Waals surface area contributed by atoms with Crippen molar-refractivity contribution in [2.45, 2.75) is 23.6 Å². The van der Waals surface area contributed by atoms with E-state index in [0.717, 1.165) is 11.4 Å². The summed E-state index contributed by atoms with van der Waals surface area (Å²) < 4.78 is 5.40. The van der Waals surface area contributed by atoms with E-state index in [9.17, 15) is 0 Å². The molecule has 0 fully saturated rings. The van der Waals surface area contributed by atoms with E-state index >= 15 is 0 Å². The van der Waals surface area contributed by atoms with Crippen molar-refractivity contribution < 1.29 is 0 Å². The first-order valence-corrected chi connectivity index (χ1v) is 18.4. The molecule has 0 unspecified atom stereocenters. The number of anilines is 4. The lowest BCUT2D eigenvalue weighted by Crippen LogP contribution is -2.35. The Morgan fingerprint density at radius 3 is 1.20 bits per heavy atom. The maximum atomic E-state index is 2.70. The van der Waals surface area contributed by atoms with Crippen molar-refractivity contribution in [1.29, 1.82) is 0 Å². The van der Waals surface area contributed by atoms with E-state index in [2.05, 4.69) is 204 Å². The van der Waals surface area contributed by atoms with E-state index in [1.54, 1.807) is 0 Å². The van der Waals surface area contributed by atoms with Gasteiger partial charge in [0.1, 0.15) is 0 Å². The van der Waals surface area contributed by atoms with Crippen molar-refractivity contribution in [1.82, 2.24) is 0 Å². The van der Waals surface area contributed by atoms with E-state index in [1.807, 2.05) is 0 Å². The first-order valence-electron chi connectivity index (χ1n) is 16.9. The topological polar surface area (TPSA) is 6.48 Å². The van der Waals surface area contributed by atoms with Gasteiger partial charge in [-0.3, -0.25) is 8.61 Å². The van der Waals surface area contributed by atoms with Gasteiger partial charge < -0.3 is 0 Å². The largest absolute Gasteiger partial charge is 0.278 e. The van der Waals surface area contributed by atoms with Gasteiger partial charge in [-0.25, -0.2) is 0 Å². The van der Waals surface area contributed by atoms with Gasteiger partial charge in [0.05, 0.1) is 22.7 Å². The van der Waals surface area contributed by atoms with E-state index in [4.69, 9.17) is 0 Å². The molecule has 1 heterocycles. The summed E-state index contributed by atoms with van der Waals surface area (Å²) in [7, 11) is -2.31. The van der Waals surface area contributed by atoms with Crippen LogP contribution in [-0.2, 0) is 0 Å². The van der Waals surface area contributed by atoms with Crippen LogP contribution in [0, 0.1) is 13.8 Å². The fourth-order valence-electron chi connectivity index (χ4n) is 7.62. The highest BCUT2D eigenvalue weighted by atomic mass is 32.3. The van der Waals surface area contributed by atoms with Gasteiger partial charge in [-0.05, 0) is 118 Å². The minimum atomic E-state index is -2.31. The zero-order chi connectivity index (χ0) is 33.0. The molecular formula is C46H36N2S. The number of hydrogen-bond donors (Lipinski definition) is 0. The summed E-state index contributed by atoms with van der Waals surface area (Å²) in [4.78, 5) is 2.51. The van der Waals surface area contributed by atoms with Gasteiger partial charge in [0.2, 0.25) is 0 Å². The quantitative estimate of drug-likeness (QED) is 0.187. The van der Waals surface area contributed by atoms with E-state index in [-0.39, 0.29) is 0 Å². The molecule has 8 aromatic carbocycles. The summed E-state index contributed by atoms with van der Waals surface area (Å²) in [6.45, 7) is 4.40. The summed E-state index contributed by atoms with van der Waals surface area (Å²) in [5.74, 6) is 0. The van der Waals surface area contributed by atoms with Gasteiger partial charge in [0.15, 0.2) is 0 Å². The Morgan fingerprint density at radius 2 is 0.776 bits per heavy atom. The number of hydrogen-bond acceptors (Lipinski definition) is 2. The molecular weight excluding hydrogens is 613 g/mol. The van der Waals surface area contributed by atoms with Crippen LogP contribution in [0.1, 0.15) is 11.1 Å². The van der Waals surface area contributed by atoms with Gasteiger partial charge in [0, 0.05) is 20.9 Å². The predicted molar refractivity (Wildman–Crippen MR) is 211 cm³/mol. The van der Waals surface area contributed by atoms with Crippen molar-refractivity contribution in [3.05, 3.63) is 193 Å². The monoisotopic (exact) mass is 648 g/mol. The van der Waals surface area contributed by atoms with Crippen LogP contribution in [0.5, 0.6) is 0 Å². The molecule has 2 nitrogen and oxygen atoms in total. The normalized spacial score (nSPS) is 14.2. The predicted octanol–water partition coefficient (Wildman–Crippen LogP) is 13.3. The van der Waals surface area contributed by atoms with E-state index in [1.165, 1.54) is 65.0 Å². The average molecular weight is 649 g/mol. The van der Waals surface area contributed by atoms with Gasteiger partial charge >= 0.3 is 0 Å². The second kappa shape index (κ2) is 11.7. The molecule has 0 amide bonds. The zero-order valence-corrected chi connectivity index (χ0v) is 28.4. The molecule has 49 heavy (non-hydrogen) atoms. The minimum Gasteiger partial charge on any atom is -0.278 e. The number of aryl methyl sites for hydroxylation is 2. The molecule has 0 aliphatic carbocycles. The van der Waals surface area contributed by atoms with Crippen molar-refractivity contribution in [3.63, 3.8) is 0 Å². The molecule has 1 aliphatic heterocycles. The molecule has 0 N–H and O–H groups in total. The number of rotatable bonds is 4. The maximum absolute atomic E-state index is 2.70. The Kier molecular flexibility index (Phi) is 7.03. The summed E-state index contributed by atoms with van der Waals surface area (Å²) in [6, 6.07) is 67.6. The molecule has 8 aromatic rings. The van der Waals surface area contributed by atoms with Crippen molar-refractivity contribution in [2.24, 2.45) is 0 Å². The van der Waals surface area contributed by atoms with Crippen molar-refractivity contribution in [3.8, 4) is 11.1 Å². The van der Waals surface area contributed by atoms with E-state index < -0.39 is 10.4 Å². The summed E-state index contributed by atoms with van der Waals surface area (Å²) >= 11 is 0. The Bertz CT molecular complexity index is 2310. The molecule has 9 rings (SSSR count). The summed E-state index contributed by atoms with van der Waals surface area (Å²) in [5.41, 5.74) is 9.67. The maximum Gasteiger partial charge on any atom is 0.0617 e. The molecule has 0 aromatic heterocycles. The van der Waals surface area contributed by atoms with Crippen LogP contribution in [0.15, 0.2) is 192 Å². The van der Waals surface area contributed by atoms with Gasteiger partial charge in [-0.15, -0.1) is 0 Å². The molecule has 3 heteroatoms. The second-order valence-corrected chi connectivity index (χ2v) is 15.6. The lowest BCUT2D eigenvalue weighted by Gasteiger charge is -2.56. The highest BCUT2D eigenvalue weighted by Crippen LogP contribution is 2.76. The molecule has 0 radical (unpaired) electrons. The van der Waals surface area contributed by atoms with Crippen molar-refractivity contribution in [2.75, 3.05) is 8.61 Å². The number of benzene rings is 8. The van der Waals surface area contributed by atoms with Gasteiger partial charge in [-0.2, -0.15) is 0 Å². The summed E-state index contributed by atoms with van der Waals surface area (Å²) in [5, 5.41) is 4.95. The highest BCUT2D eigenvalue weighted by Gasteiger charge is 2.47. The first kappa shape index (κ1) is 29.4. The molecule has 236 valence electrons. The van der Waals surface area contributed by atoms with Gasteiger partial charge in [-0.1, -0.05) is 121 Å². The zero-order valence-electron chi connectivity index (χ0n) is 27.6. The fraction of sp³-hybridized carbons (Fsp3) is 0.0435. The minimum absolute atomic E-state index is 1.16. The van der Waals surface area contributed by atoms with Crippen molar-refractivity contribution >= 4 is 54.7 Å². The fourth-order valence-corrected chi connectivity index (χ4v) is 11.7. The standard InChI is InChI=1S/C46H36N2S/c1-33-15-13-19-37(31-33)47-43-29-27-35-17-9-11-25-41(35)45(43)46-42-26-12-10-18-36(42)28-30-44(46)48(38-20-14-16-34(2)32-38)49(47,39-21-5-3-6-22-39)40-23-7-4-8-24-40/h3-32H,1-2H3. The van der Waals surface area contributed by atoms with Gasteiger partial charge in [0.25, 0.3) is 0 Å². The van der Waals surface area contributed by atoms with Crippen LogP contribution in [-0.4, -0.2) is 0 Å². The first-order chi connectivity index (χ1) is 24.1.